The smallest absolute Gasteiger partial charge is 0.117 e. The maximum absolute atomic E-state index is 9.15. The number of rotatable bonds is 2. The third kappa shape index (κ3) is 4.17. The molecule has 0 aromatic rings. The first-order chi connectivity index (χ1) is 4.68. The summed E-state index contributed by atoms with van der Waals surface area (Å²) in [6.45, 7) is 7.39. The van der Waals surface area contributed by atoms with Crippen LogP contribution in [-0.2, 0) is 0 Å². The van der Waals surface area contributed by atoms with E-state index in [1.54, 1.807) is 6.08 Å². The first kappa shape index (κ1) is 9.26. The highest BCUT2D eigenvalue weighted by Gasteiger charge is 2.02. The molecule has 0 radical (unpaired) electrons. The molecule has 1 heteroatoms. The first-order valence-corrected chi connectivity index (χ1v) is 3.45. The lowest BCUT2D eigenvalue weighted by atomic mass is 10.1. The van der Waals surface area contributed by atoms with Gasteiger partial charge in [0.2, 0.25) is 0 Å². The van der Waals surface area contributed by atoms with Crippen molar-refractivity contribution in [3.63, 3.8) is 0 Å². The Balaban J connectivity index is 3.67. The molecule has 0 rings (SSSR count). The van der Waals surface area contributed by atoms with Crippen LogP contribution in [0.25, 0.3) is 0 Å². The van der Waals surface area contributed by atoms with Crippen LogP contribution >= 0.6 is 0 Å². The van der Waals surface area contributed by atoms with E-state index >= 15 is 0 Å². The normalized spacial score (nSPS) is 12.0. The van der Waals surface area contributed by atoms with Crippen molar-refractivity contribution in [3.8, 4) is 11.8 Å². The van der Waals surface area contributed by atoms with Crippen molar-refractivity contribution in [1.29, 1.82) is 0 Å². The molecule has 0 spiro atoms. The lowest BCUT2D eigenvalue weighted by Crippen LogP contribution is -2.10. The molecule has 0 aliphatic rings. The summed E-state index contributed by atoms with van der Waals surface area (Å²) in [7, 11) is 0. The molecule has 1 unspecified atom stereocenters. The van der Waals surface area contributed by atoms with Crippen LogP contribution < -0.4 is 0 Å². The Morgan fingerprint density at radius 3 is 2.60 bits per heavy atom. The van der Waals surface area contributed by atoms with Gasteiger partial charge in [-0.3, -0.25) is 0 Å². The minimum absolute atomic E-state index is 0.220. The quantitative estimate of drug-likeness (QED) is 0.453. The zero-order valence-corrected chi connectivity index (χ0v) is 6.59. The highest BCUT2D eigenvalue weighted by atomic mass is 16.3. The third-order valence-electron chi connectivity index (χ3n) is 1.13. The van der Waals surface area contributed by atoms with E-state index in [2.05, 4.69) is 18.4 Å². The average Bonchev–Trinajstić information content (AvgIpc) is 1.88. The SMILES string of the molecule is C=CCC#CC(O)C(C)C. The van der Waals surface area contributed by atoms with Gasteiger partial charge in [0.15, 0.2) is 0 Å². The van der Waals surface area contributed by atoms with Crippen molar-refractivity contribution >= 4 is 0 Å². The van der Waals surface area contributed by atoms with E-state index in [9.17, 15) is 0 Å². The maximum atomic E-state index is 9.15. The van der Waals surface area contributed by atoms with Crippen molar-refractivity contribution in [2.45, 2.75) is 26.4 Å². The van der Waals surface area contributed by atoms with Gasteiger partial charge in [0.25, 0.3) is 0 Å². The molecule has 0 aliphatic carbocycles. The minimum Gasteiger partial charge on any atom is -0.380 e. The first-order valence-electron chi connectivity index (χ1n) is 3.45. The average molecular weight is 138 g/mol. The van der Waals surface area contributed by atoms with Gasteiger partial charge in [0.1, 0.15) is 6.10 Å². The van der Waals surface area contributed by atoms with Crippen LogP contribution in [0.5, 0.6) is 0 Å². The van der Waals surface area contributed by atoms with Gasteiger partial charge in [0.05, 0.1) is 0 Å². The van der Waals surface area contributed by atoms with E-state index in [1.165, 1.54) is 0 Å². The van der Waals surface area contributed by atoms with Crippen LogP contribution in [-0.4, -0.2) is 11.2 Å². The largest absolute Gasteiger partial charge is 0.380 e. The molecule has 0 heterocycles. The molecule has 10 heavy (non-hydrogen) atoms. The second-order valence-electron chi connectivity index (χ2n) is 2.50. The van der Waals surface area contributed by atoms with E-state index in [0.29, 0.717) is 6.42 Å². The van der Waals surface area contributed by atoms with Crippen LogP contribution in [0.1, 0.15) is 20.3 Å². The zero-order chi connectivity index (χ0) is 7.98. The summed E-state index contributed by atoms with van der Waals surface area (Å²) in [4.78, 5) is 0. The van der Waals surface area contributed by atoms with Gasteiger partial charge in [-0.1, -0.05) is 31.8 Å². The standard InChI is InChI=1S/C9H14O/c1-4-5-6-7-9(10)8(2)3/h4,8-10H,1,5H2,2-3H3. The summed E-state index contributed by atoms with van der Waals surface area (Å²) in [5, 5.41) is 9.15. The van der Waals surface area contributed by atoms with Crippen molar-refractivity contribution in [1.82, 2.24) is 0 Å². The summed E-state index contributed by atoms with van der Waals surface area (Å²) >= 11 is 0. The highest BCUT2D eigenvalue weighted by Crippen LogP contribution is 1.98. The van der Waals surface area contributed by atoms with E-state index in [0.717, 1.165) is 0 Å². The number of allylic oxidation sites excluding steroid dienone is 1. The predicted molar refractivity (Wildman–Crippen MR) is 43.4 cm³/mol. The van der Waals surface area contributed by atoms with Crippen LogP contribution in [0.15, 0.2) is 12.7 Å². The van der Waals surface area contributed by atoms with Gasteiger partial charge in [-0.15, -0.1) is 6.58 Å². The fourth-order valence-electron chi connectivity index (χ4n) is 0.402. The molecule has 0 aromatic carbocycles. The van der Waals surface area contributed by atoms with Gasteiger partial charge in [-0.05, 0) is 5.92 Å². The molecule has 56 valence electrons. The van der Waals surface area contributed by atoms with Gasteiger partial charge < -0.3 is 5.11 Å². The Morgan fingerprint density at radius 1 is 1.60 bits per heavy atom. The van der Waals surface area contributed by atoms with E-state index in [-0.39, 0.29) is 5.92 Å². The summed E-state index contributed by atoms with van der Waals surface area (Å²) in [6.07, 6.45) is 1.89. The van der Waals surface area contributed by atoms with Gasteiger partial charge in [-0.25, -0.2) is 0 Å². The van der Waals surface area contributed by atoms with E-state index in [1.807, 2.05) is 13.8 Å². The second kappa shape index (κ2) is 5.08. The third-order valence-corrected chi connectivity index (χ3v) is 1.13. The molecule has 0 amide bonds. The predicted octanol–water partition coefficient (Wildman–Crippen LogP) is 1.58. The molecule has 1 atom stereocenters. The molecule has 0 bridgehead atoms. The van der Waals surface area contributed by atoms with Crippen LogP contribution in [0, 0.1) is 17.8 Å². The maximum Gasteiger partial charge on any atom is 0.117 e. The molecule has 0 aromatic heterocycles. The van der Waals surface area contributed by atoms with Crippen molar-refractivity contribution in [3.05, 3.63) is 12.7 Å². The van der Waals surface area contributed by atoms with Crippen LogP contribution in [0.2, 0.25) is 0 Å². The molecular weight excluding hydrogens is 124 g/mol. The Morgan fingerprint density at radius 2 is 2.20 bits per heavy atom. The van der Waals surface area contributed by atoms with E-state index < -0.39 is 6.10 Å². The van der Waals surface area contributed by atoms with E-state index in [4.69, 9.17) is 5.11 Å². The molecule has 0 saturated carbocycles. The Hall–Kier alpha value is -0.740. The molecular formula is C9H14O. The monoisotopic (exact) mass is 138 g/mol. The van der Waals surface area contributed by atoms with Gasteiger partial charge in [0, 0.05) is 6.42 Å². The molecule has 1 nitrogen and oxygen atoms in total. The number of hydrogen-bond donors (Lipinski definition) is 1. The summed E-state index contributed by atoms with van der Waals surface area (Å²) in [5.41, 5.74) is 0. The number of aliphatic hydroxyl groups is 1. The fraction of sp³-hybridized carbons (Fsp3) is 0.556. The minimum atomic E-state index is -0.486. The summed E-state index contributed by atoms with van der Waals surface area (Å²) in [5.74, 6) is 5.74. The lowest BCUT2D eigenvalue weighted by molar-refractivity contribution is 0.181. The summed E-state index contributed by atoms with van der Waals surface area (Å²) < 4.78 is 0. The van der Waals surface area contributed by atoms with Crippen molar-refractivity contribution < 1.29 is 5.11 Å². The molecule has 0 fully saturated rings. The fourth-order valence-corrected chi connectivity index (χ4v) is 0.402. The Kier molecular flexibility index (Phi) is 4.70. The Bertz CT molecular complexity index is 148. The molecule has 0 saturated heterocycles. The van der Waals surface area contributed by atoms with Gasteiger partial charge in [-0.2, -0.15) is 0 Å². The van der Waals surface area contributed by atoms with Crippen molar-refractivity contribution in [2.75, 3.05) is 0 Å². The summed E-state index contributed by atoms with van der Waals surface area (Å²) in [6, 6.07) is 0. The Labute approximate surface area is 62.8 Å². The molecule has 1 N–H and O–H groups in total. The number of aliphatic hydroxyl groups excluding tert-OH is 1. The van der Waals surface area contributed by atoms with Gasteiger partial charge >= 0.3 is 0 Å². The van der Waals surface area contributed by atoms with Crippen LogP contribution in [0.4, 0.5) is 0 Å². The van der Waals surface area contributed by atoms with Crippen LogP contribution in [0.3, 0.4) is 0 Å². The topological polar surface area (TPSA) is 20.2 Å². The number of hydrogen-bond acceptors (Lipinski definition) is 1. The zero-order valence-electron chi connectivity index (χ0n) is 6.59. The second-order valence-corrected chi connectivity index (χ2v) is 2.50. The lowest BCUT2D eigenvalue weighted by Gasteiger charge is -2.04. The van der Waals surface area contributed by atoms with Crippen molar-refractivity contribution in [2.24, 2.45) is 5.92 Å². The highest BCUT2D eigenvalue weighted by molar-refractivity contribution is 5.07. The molecule has 0 aliphatic heterocycles.